The molecular weight excluding hydrogens is 383 g/mol. The van der Waals surface area contributed by atoms with E-state index in [0.717, 1.165) is 11.1 Å². The standard InChI is InChI=1S/C21H18ClFN2O3/c1-13(21(24)27)28-18-7-3-14(4-8-18)15-5-9-20(26)25(11-15)12-16-2-6-17(22)10-19(16)23/h2-11,13H,12H2,1H3,(H2,24,27). The molecule has 144 valence electrons. The van der Waals surface area contributed by atoms with Crippen molar-refractivity contribution in [2.75, 3.05) is 0 Å². The molecule has 0 spiro atoms. The van der Waals surface area contributed by atoms with E-state index >= 15 is 0 Å². The fraction of sp³-hybridized carbons (Fsp3) is 0.143. The van der Waals surface area contributed by atoms with Crippen molar-refractivity contribution in [2.24, 2.45) is 5.73 Å². The van der Waals surface area contributed by atoms with E-state index in [2.05, 4.69) is 0 Å². The number of carbonyl (C=O) groups is 1. The number of ether oxygens (including phenoxy) is 1. The summed E-state index contributed by atoms with van der Waals surface area (Å²) >= 11 is 5.77. The fourth-order valence-corrected chi connectivity index (χ4v) is 2.81. The van der Waals surface area contributed by atoms with Crippen molar-refractivity contribution in [2.45, 2.75) is 19.6 Å². The summed E-state index contributed by atoms with van der Waals surface area (Å²) in [5, 5.41) is 0.301. The van der Waals surface area contributed by atoms with Gasteiger partial charge in [-0.1, -0.05) is 29.8 Å². The zero-order valence-electron chi connectivity index (χ0n) is 15.1. The summed E-state index contributed by atoms with van der Waals surface area (Å²) in [6.07, 6.45) is 0.931. The second kappa shape index (κ2) is 8.27. The fourth-order valence-electron chi connectivity index (χ4n) is 2.65. The third-order valence-electron chi connectivity index (χ3n) is 4.24. The summed E-state index contributed by atoms with van der Waals surface area (Å²) in [5.74, 6) is -0.507. The van der Waals surface area contributed by atoms with Gasteiger partial charge in [0, 0.05) is 22.8 Å². The number of carbonyl (C=O) groups excluding carboxylic acids is 1. The largest absolute Gasteiger partial charge is 0.481 e. The highest BCUT2D eigenvalue weighted by molar-refractivity contribution is 6.30. The number of amides is 1. The van der Waals surface area contributed by atoms with E-state index in [1.807, 2.05) is 0 Å². The topological polar surface area (TPSA) is 74.3 Å². The predicted octanol–water partition coefficient (Wildman–Crippen LogP) is 3.61. The Labute approximate surface area is 166 Å². The van der Waals surface area contributed by atoms with Crippen LogP contribution in [0.25, 0.3) is 11.1 Å². The average Bonchev–Trinajstić information content (AvgIpc) is 2.66. The van der Waals surface area contributed by atoms with Crippen molar-refractivity contribution in [1.29, 1.82) is 0 Å². The first-order chi connectivity index (χ1) is 13.3. The Morgan fingerprint density at radius 3 is 2.46 bits per heavy atom. The Hall–Kier alpha value is -3.12. The van der Waals surface area contributed by atoms with Gasteiger partial charge in [0.2, 0.25) is 0 Å². The predicted molar refractivity (Wildman–Crippen MR) is 106 cm³/mol. The normalized spacial score (nSPS) is 11.8. The molecule has 2 aromatic carbocycles. The maximum absolute atomic E-state index is 14.1. The summed E-state index contributed by atoms with van der Waals surface area (Å²) < 4.78 is 20.9. The van der Waals surface area contributed by atoms with Crippen molar-refractivity contribution in [1.82, 2.24) is 4.57 Å². The number of rotatable bonds is 6. The summed E-state index contributed by atoms with van der Waals surface area (Å²) in [7, 11) is 0. The van der Waals surface area contributed by atoms with E-state index in [9.17, 15) is 14.0 Å². The van der Waals surface area contributed by atoms with Crippen LogP contribution in [0, 0.1) is 5.82 Å². The molecule has 1 aromatic heterocycles. The van der Waals surface area contributed by atoms with Gasteiger partial charge < -0.3 is 15.0 Å². The van der Waals surface area contributed by atoms with E-state index < -0.39 is 17.8 Å². The molecule has 0 radical (unpaired) electrons. The zero-order chi connectivity index (χ0) is 20.3. The Morgan fingerprint density at radius 1 is 1.14 bits per heavy atom. The van der Waals surface area contributed by atoms with E-state index in [0.29, 0.717) is 16.3 Å². The highest BCUT2D eigenvalue weighted by atomic mass is 35.5. The molecule has 0 saturated carbocycles. The minimum Gasteiger partial charge on any atom is -0.481 e. The third kappa shape index (κ3) is 4.58. The first-order valence-electron chi connectivity index (χ1n) is 8.54. The number of primary amides is 1. The van der Waals surface area contributed by atoms with Crippen LogP contribution < -0.4 is 16.0 Å². The van der Waals surface area contributed by atoms with Crippen LogP contribution in [0.1, 0.15) is 12.5 Å². The lowest BCUT2D eigenvalue weighted by Gasteiger charge is -2.12. The van der Waals surface area contributed by atoms with Crippen molar-refractivity contribution in [3.8, 4) is 16.9 Å². The molecule has 2 N–H and O–H groups in total. The molecule has 7 heteroatoms. The molecule has 0 fully saturated rings. The second-order valence-electron chi connectivity index (χ2n) is 6.31. The lowest BCUT2D eigenvalue weighted by Crippen LogP contribution is -2.30. The summed E-state index contributed by atoms with van der Waals surface area (Å²) in [6, 6.07) is 14.5. The molecule has 1 unspecified atom stereocenters. The van der Waals surface area contributed by atoms with Gasteiger partial charge in [0.15, 0.2) is 6.10 Å². The highest BCUT2D eigenvalue weighted by Crippen LogP contribution is 2.23. The number of aromatic nitrogens is 1. The van der Waals surface area contributed by atoms with Crippen LogP contribution >= 0.6 is 11.6 Å². The van der Waals surface area contributed by atoms with Gasteiger partial charge in [-0.15, -0.1) is 0 Å². The van der Waals surface area contributed by atoms with Crippen LogP contribution in [0.5, 0.6) is 5.75 Å². The minimum absolute atomic E-state index is 0.0903. The van der Waals surface area contributed by atoms with E-state index in [-0.39, 0.29) is 12.1 Å². The van der Waals surface area contributed by atoms with Gasteiger partial charge in [-0.2, -0.15) is 0 Å². The van der Waals surface area contributed by atoms with Gasteiger partial charge >= 0.3 is 0 Å². The Morgan fingerprint density at radius 2 is 1.82 bits per heavy atom. The number of nitrogens with zero attached hydrogens (tertiary/aromatic N) is 1. The number of hydrogen-bond donors (Lipinski definition) is 1. The second-order valence-corrected chi connectivity index (χ2v) is 6.74. The van der Waals surface area contributed by atoms with Crippen molar-refractivity contribution >= 4 is 17.5 Å². The van der Waals surface area contributed by atoms with Gasteiger partial charge in [-0.05, 0) is 48.4 Å². The molecule has 5 nitrogen and oxygen atoms in total. The summed E-state index contributed by atoms with van der Waals surface area (Å²) in [6.45, 7) is 1.66. The molecule has 28 heavy (non-hydrogen) atoms. The Bertz CT molecular complexity index is 1060. The first kappa shape index (κ1) is 19.6. The smallest absolute Gasteiger partial charge is 0.258 e. The van der Waals surface area contributed by atoms with Gasteiger partial charge in [0.05, 0.1) is 6.54 Å². The monoisotopic (exact) mass is 400 g/mol. The van der Waals surface area contributed by atoms with Gasteiger partial charge in [0.1, 0.15) is 11.6 Å². The van der Waals surface area contributed by atoms with Crippen LogP contribution in [-0.4, -0.2) is 16.6 Å². The van der Waals surface area contributed by atoms with Crippen molar-refractivity contribution in [3.63, 3.8) is 0 Å². The van der Waals surface area contributed by atoms with Crippen LogP contribution in [0.4, 0.5) is 4.39 Å². The Kier molecular flexibility index (Phi) is 5.80. The lowest BCUT2D eigenvalue weighted by molar-refractivity contribution is -0.123. The highest BCUT2D eigenvalue weighted by Gasteiger charge is 2.11. The molecule has 1 atom stereocenters. The van der Waals surface area contributed by atoms with Crippen molar-refractivity contribution < 1.29 is 13.9 Å². The molecule has 0 bridgehead atoms. The minimum atomic E-state index is -0.734. The number of halogens is 2. The maximum atomic E-state index is 14.1. The van der Waals surface area contributed by atoms with Crippen LogP contribution in [0.15, 0.2) is 65.6 Å². The van der Waals surface area contributed by atoms with Crippen LogP contribution in [-0.2, 0) is 11.3 Å². The van der Waals surface area contributed by atoms with Crippen LogP contribution in [0.3, 0.4) is 0 Å². The SMILES string of the molecule is CC(Oc1ccc(-c2ccc(=O)n(Cc3ccc(Cl)cc3F)c2)cc1)C(N)=O. The van der Waals surface area contributed by atoms with E-state index in [1.54, 1.807) is 55.6 Å². The van der Waals surface area contributed by atoms with Gasteiger partial charge in [0.25, 0.3) is 11.5 Å². The number of benzene rings is 2. The molecule has 0 aliphatic carbocycles. The summed E-state index contributed by atoms with van der Waals surface area (Å²) in [5.41, 5.74) is 6.93. The zero-order valence-corrected chi connectivity index (χ0v) is 15.8. The molecule has 0 aliphatic heterocycles. The van der Waals surface area contributed by atoms with Gasteiger partial charge in [-0.25, -0.2) is 4.39 Å². The number of pyridine rings is 1. The molecule has 1 amide bonds. The Balaban J connectivity index is 1.84. The molecule has 0 aliphatic rings. The molecule has 0 saturated heterocycles. The molecule has 1 heterocycles. The quantitative estimate of drug-likeness (QED) is 0.686. The van der Waals surface area contributed by atoms with E-state index in [4.69, 9.17) is 22.1 Å². The van der Waals surface area contributed by atoms with E-state index in [1.165, 1.54) is 16.7 Å². The number of nitrogens with two attached hydrogens (primary N) is 1. The third-order valence-corrected chi connectivity index (χ3v) is 4.48. The lowest BCUT2D eigenvalue weighted by atomic mass is 10.1. The average molecular weight is 401 g/mol. The maximum Gasteiger partial charge on any atom is 0.258 e. The molecular formula is C21H18ClFN2O3. The molecule has 3 rings (SSSR count). The van der Waals surface area contributed by atoms with Crippen molar-refractivity contribution in [3.05, 3.63) is 87.6 Å². The van der Waals surface area contributed by atoms with Crippen LogP contribution in [0.2, 0.25) is 5.02 Å². The van der Waals surface area contributed by atoms with Gasteiger partial charge in [-0.3, -0.25) is 9.59 Å². The molecule has 3 aromatic rings. The first-order valence-corrected chi connectivity index (χ1v) is 8.92. The number of hydrogen-bond acceptors (Lipinski definition) is 3. The summed E-state index contributed by atoms with van der Waals surface area (Å²) in [4.78, 5) is 23.3.